The molecule has 0 atom stereocenters. The molecule has 0 unspecified atom stereocenters. The number of hydrogen-bond donors (Lipinski definition) is 3. The molecule has 11 heteroatoms. The Morgan fingerprint density at radius 3 is 2.51 bits per heavy atom. The number of carboxylic acid groups (broad SMARTS) is 1. The van der Waals surface area contributed by atoms with Crippen LogP contribution in [0, 0.1) is 0 Å². The molecule has 3 N–H and O–H groups in total. The minimum Gasteiger partial charge on any atom is -0.494 e. The third-order valence-electron chi connectivity index (χ3n) is 6.67. The number of aryl methyl sites for hydroxylation is 1. The van der Waals surface area contributed by atoms with Gasteiger partial charge in [-0.25, -0.2) is 9.97 Å². The van der Waals surface area contributed by atoms with Crippen molar-refractivity contribution in [1.82, 2.24) is 19.4 Å². The molecule has 0 saturated heterocycles. The number of carboxylic acids is 1. The second-order valence-electron chi connectivity index (χ2n) is 10.1. The van der Waals surface area contributed by atoms with Gasteiger partial charge in [-0.05, 0) is 44.3 Å². The van der Waals surface area contributed by atoms with Crippen molar-refractivity contribution in [3.8, 4) is 17.0 Å². The average Bonchev–Trinajstić information content (AvgIpc) is 3.32. The number of aromatic nitrogens is 3. The Morgan fingerprint density at radius 1 is 1.12 bits per heavy atom. The maximum absolute atomic E-state index is 12.3. The topological polar surface area (TPSA) is 125 Å². The van der Waals surface area contributed by atoms with E-state index in [2.05, 4.69) is 68.9 Å². The maximum Gasteiger partial charge on any atom is 0.300 e. The van der Waals surface area contributed by atoms with Gasteiger partial charge in [-0.15, -0.1) is 0 Å². The van der Waals surface area contributed by atoms with Crippen molar-refractivity contribution in [3.05, 3.63) is 67.5 Å². The lowest BCUT2D eigenvalue weighted by atomic mass is 10.1. The summed E-state index contributed by atoms with van der Waals surface area (Å²) in [6.45, 7) is 9.54. The van der Waals surface area contributed by atoms with E-state index in [0.717, 1.165) is 60.8 Å². The Balaban J connectivity index is 0.00000119. The molecule has 2 heterocycles. The number of ether oxygens (including phenoxy) is 1. The van der Waals surface area contributed by atoms with Crippen LogP contribution in [0.4, 0.5) is 23.0 Å². The Bertz CT molecular complexity index is 1560. The fraction of sp³-hybridized carbons (Fsp3) is 0.312. The maximum atomic E-state index is 12.3. The molecule has 2 aromatic carbocycles. The monoisotopic (exact) mass is 587 g/mol. The number of para-hydroxylation sites is 1. The first kappa shape index (κ1) is 32.6. The molecule has 11 nitrogen and oxygen atoms in total. The lowest BCUT2D eigenvalue weighted by Gasteiger charge is -2.26. The lowest BCUT2D eigenvalue weighted by Crippen LogP contribution is -2.31. The van der Waals surface area contributed by atoms with Crippen LogP contribution in [0.1, 0.15) is 20.3 Å². The summed E-state index contributed by atoms with van der Waals surface area (Å²) in [4.78, 5) is 34.9. The molecular weight excluding hydrogens is 546 g/mol. The number of aliphatic carboxylic acids is 1. The van der Waals surface area contributed by atoms with Gasteiger partial charge in [0.1, 0.15) is 5.75 Å². The van der Waals surface area contributed by atoms with E-state index in [1.54, 1.807) is 13.3 Å². The van der Waals surface area contributed by atoms with E-state index in [9.17, 15) is 4.79 Å². The molecule has 0 saturated carbocycles. The lowest BCUT2D eigenvalue weighted by molar-refractivity contribution is -0.134. The Labute approximate surface area is 252 Å². The molecule has 0 spiro atoms. The molecule has 0 aliphatic rings. The average molecular weight is 588 g/mol. The van der Waals surface area contributed by atoms with Crippen molar-refractivity contribution in [1.29, 1.82) is 0 Å². The van der Waals surface area contributed by atoms with Crippen LogP contribution in [0.3, 0.4) is 0 Å². The highest BCUT2D eigenvalue weighted by atomic mass is 16.5. The number of methoxy groups -OCH3 is 1. The van der Waals surface area contributed by atoms with Gasteiger partial charge in [0.05, 0.1) is 29.9 Å². The van der Waals surface area contributed by atoms with Gasteiger partial charge in [-0.3, -0.25) is 9.59 Å². The highest BCUT2D eigenvalue weighted by molar-refractivity contribution is 6.02. The number of rotatable bonds is 12. The van der Waals surface area contributed by atoms with Crippen LogP contribution in [0.5, 0.6) is 5.75 Å². The van der Waals surface area contributed by atoms with Crippen LogP contribution >= 0.6 is 0 Å². The zero-order valence-electron chi connectivity index (χ0n) is 25.7. The number of anilines is 4. The molecule has 4 aromatic rings. The number of fused-ring (bicyclic) bond motifs is 1. The van der Waals surface area contributed by atoms with Gasteiger partial charge >= 0.3 is 0 Å². The molecule has 4 rings (SSSR count). The van der Waals surface area contributed by atoms with Crippen molar-refractivity contribution in [2.45, 2.75) is 20.3 Å². The van der Waals surface area contributed by atoms with Gasteiger partial charge in [-0.1, -0.05) is 31.7 Å². The number of amides is 1. The molecule has 0 radical (unpaired) electrons. The summed E-state index contributed by atoms with van der Waals surface area (Å²) in [6, 6.07) is 13.9. The number of nitrogens with one attached hydrogen (secondary N) is 2. The largest absolute Gasteiger partial charge is 0.494 e. The SMILES string of the molecule is C=CC(=O)Nc1cc(Nc2nccc(-c3cn(C)c4ccccc34)n2)c(OC)cc1N(C)CCN(C)CCC.CC(=O)O. The zero-order chi connectivity index (χ0) is 31.5. The fourth-order valence-electron chi connectivity index (χ4n) is 4.61. The normalized spacial score (nSPS) is 10.6. The third-order valence-corrected chi connectivity index (χ3v) is 6.67. The number of nitrogens with zero attached hydrogens (tertiary/aromatic N) is 5. The predicted molar refractivity (Wildman–Crippen MR) is 173 cm³/mol. The van der Waals surface area contributed by atoms with Gasteiger partial charge in [0.15, 0.2) is 0 Å². The van der Waals surface area contributed by atoms with Gasteiger partial charge in [-0.2, -0.15) is 0 Å². The first-order valence-corrected chi connectivity index (χ1v) is 14.0. The summed E-state index contributed by atoms with van der Waals surface area (Å²) in [7, 11) is 7.75. The van der Waals surface area contributed by atoms with Gasteiger partial charge < -0.3 is 34.8 Å². The summed E-state index contributed by atoms with van der Waals surface area (Å²) >= 11 is 0. The van der Waals surface area contributed by atoms with Crippen LogP contribution in [0.25, 0.3) is 22.2 Å². The first-order valence-electron chi connectivity index (χ1n) is 14.0. The Kier molecular flexibility index (Phi) is 11.7. The van der Waals surface area contributed by atoms with Crippen molar-refractivity contribution >= 4 is 45.8 Å². The van der Waals surface area contributed by atoms with E-state index in [0.29, 0.717) is 23.1 Å². The highest BCUT2D eigenvalue weighted by Gasteiger charge is 2.17. The predicted octanol–water partition coefficient (Wildman–Crippen LogP) is 5.38. The van der Waals surface area contributed by atoms with Crippen LogP contribution < -0.4 is 20.3 Å². The number of likely N-dealkylation sites (N-methyl/N-ethyl adjacent to an activating group) is 2. The molecular formula is C32H41N7O4. The molecule has 0 fully saturated rings. The number of benzene rings is 2. The zero-order valence-corrected chi connectivity index (χ0v) is 25.7. The van der Waals surface area contributed by atoms with Crippen LogP contribution in [-0.2, 0) is 16.6 Å². The van der Waals surface area contributed by atoms with Gasteiger partial charge in [0.25, 0.3) is 5.97 Å². The van der Waals surface area contributed by atoms with E-state index in [4.69, 9.17) is 19.6 Å². The van der Waals surface area contributed by atoms with E-state index < -0.39 is 5.97 Å². The van der Waals surface area contributed by atoms with Crippen molar-refractivity contribution in [2.75, 3.05) is 56.4 Å². The minimum absolute atomic E-state index is 0.293. The molecule has 0 bridgehead atoms. The number of hydrogen-bond acceptors (Lipinski definition) is 8. The third kappa shape index (κ3) is 8.79. The Morgan fingerprint density at radius 2 is 1.84 bits per heavy atom. The van der Waals surface area contributed by atoms with Crippen LogP contribution in [0.15, 0.2) is 67.5 Å². The second-order valence-corrected chi connectivity index (χ2v) is 10.1. The Hall–Kier alpha value is -4.90. The standard InChI is InChI=1S/C30H37N7O2.C2H4O2/c1-7-15-35(3)16-17-36(4)27-19-28(39-6)25(18-24(27)32-29(38)8-2)34-30-31-14-13-23(33-30)22-20-37(5)26-12-10-9-11-21(22)26;1-2(3)4/h8-14,18-20H,2,7,15-17H2,1,3-6H3,(H,32,38)(H,31,33,34);1H3,(H,3,4). The van der Waals surface area contributed by atoms with E-state index >= 15 is 0 Å². The summed E-state index contributed by atoms with van der Waals surface area (Å²) in [6.07, 6.45) is 6.16. The molecule has 43 heavy (non-hydrogen) atoms. The van der Waals surface area contributed by atoms with E-state index in [1.165, 1.54) is 6.08 Å². The van der Waals surface area contributed by atoms with Gasteiger partial charge in [0, 0.05) is 69.0 Å². The quantitative estimate of drug-likeness (QED) is 0.187. The summed E-state index contributed by atoms with van der Waals surface area (Å²) in [5.41, 5.74) is 5.06. The fourth-order valence-corrected chi connectivity index (χ4v) is 4.61. The first-order chi connectivity index (χ1) is 20.6. The van der Waals surface area contributed by atoms with Crippen LogP contribution in [0.2, 0.25) is 0 Å². The molecule has 0 aliphatic heterocycles. The second kappa shape index (κ2) is 15.4. The van der Waals surface area contributed by atoms with Crippen molar-refractivity contribution < 1.29 is 19.4 Å². The molecule has 1 amide bonds. The van der Waals surface area contributed by atoms with Crippen molar-refractivity contribution in [3.63, 3.8) is 0 Å². The van der Waals surface area contributed by atoms with E-state index in [-0.39, 0.29) is 5.91 Å². The molecule has 2 aromatic heterocycles. The summed E-state index contributed by atoms with van der Waals surface area (Å²) in [5, 5.41) is 14.8. The number of carbonyl (C=O) groups excluding carboxylic acids is 1. The summed E-state index contributed by atoms with van der Waals surface area (Å²) in [5.74, 6) is -0.102. The van der Waals surface area contributed by atoms with Crippen LogP contribution in [-0.4, -0.2) is 77.3 Å². The minimum atomic E-state index is -0.833. The molecule has 228 valence electrons. The van der Waals surface area contributed by atoms with Gasteiger partial charge in [0.2, 0.25) is 11.9 Å². The summed E-state index contributed by atoms with van der Waals surface area (Å²) < 4.78 is 7.83. The highest BCUT2D eigenvalue weighted by Crippen LogP contribution is 2.38. The smallest absolute Gasteiger partial charge is 0.300 e. The molecule has 0 aliphatic carbocycles. The van der Waals surface area contributed by atoms with E-state index in [1.807, 2.05) is 44.4 Å². The number of carbonyl (C=O) groups is 2. The van der Waals surface area contributed by atoms with Crippen molar-refractivity contribution in [2.24, 2.45) is 7.05 Å².